The molecule has 9 heteroatoms. The summed E-state index contributed by atoms with van der Waals surface area (Å²) in [5, 5.41) is 11.9. The average molecular weight is 1330 g/mol. The summed E-state index contributed by atoms with van der Waals surface area (Å²) in [6.45, 7) is 4.67. The molecule has 0 aromatic rings. The summed E-state index contributed by atoms with van der Waals surface area (Å²) in [5.74, 6) is -2.27. The van der Waals surface area contributed by atoms with E-state index >= 15 is 0 Å². The number of likely N-dealkylation sites (N-methyl/N-ethyl adjacent to an activating group) is 1. The van der Waals surface area contributed by atoms with Crippen molar-refractivity contribution in [3.63, 3.8) is 0 Å². The minimum absolute atomic E-state index is 0.146. The molecule has 9 nitrogen and oxygen atoms in total. The van der Waals surface area contributed by atoms with E-state index in [2.05, 4.69) is 111 Å². The second-order valence-electron chi connectivity index (χ2n) is 28.3. The average Bonchev–Trinajstić information content (AvgIpc) is 2.86. The summed E-state index contributed by atoms with van der Waals surface area (Å²) in [7, 11) is 5.94. The van der Waals surface area contributed by atoms with Gasteiger partial charge in [0.15, 0.2) is 12.4 Å². The molecule has 0 aliphatic rings. The van der Waals surface area contributed by atoms with Gasteiger partial charge in [-0.15, -0.1) is 0 Å². The predicted octanol–water partition coefficient (Wildman–Crippen LogP) is 24.6. The Kier molecular flexibility index (Phi) is 72.9. The molecule has 0 spiro atoms. The molecular weight excluding hydrogens is 1170 g/mol. The van der Waals surface area contributed by atoms with Gasteiger partial charge in [-0.1, -0.05) is 361 Å². The van der Waals surface area contributed by atoms with Crippen LogP contribution in [-0.4, -0.2) is 82.3 Å². The Labute approximate surface area is 588 Å². The number of carbonyl (C=O) groups excluding carboxylic acids is 3. The van der Waals surface area contributed by atoms with Gasteiger partial charge in [-0.3, -0.25) is 9.59 Å². The van der Waals surface area contributed by atoms with Crippen LogP contribution in [-0.2, 0) is 33.3 Å². The molecule has 0 aliphatic heterocycles. The van der Waals surface area contributed by atoms with Crippen LogP contribution in [0.25, 0.3) is 0 Å². The number of hydrogen-bond donors (Lipinski definition) is 0. The number of rotatable bonds is 75. The zero-order chi connectivity index (χ0) is 69.0. The summed E-state index contributed by atoms with van der Waals surface area (Å²) < 4.78 is 22.9. The highest BCUT2D eigenvalue weighted by molar-refractivity contribution is 5.70. The fourth-order valence-corrected chi connectivity index (χ4v) is 11.7. The largest absolute Gasteiger partial charge is 0.545 e. The predicted molar refractivity (Wildman–Crippen MR) is 407 cm³/mol. The second kappa shape index (κ2) is 76.0. The molecule has 0 aromatic heterocycles. The van der Waals surface area contributed by atoms with Gasteiger partial charge in [-0.25, -0.2) is 0 Å². The maximum absolute atomic E-state index is 13.0. The first-order valence-corrected chi connectivity index (χ1v) is 40.4. The summed E-state index contributed by atoms with van der Waals surface area (Å²) in [4.78, 5) is 37.6. The minimum atomic E-state index is -1.63. The fraction of sp³-hybridized carbons (Fsp3) is 0.779. The van der Waals surface area contributed by atoms with Crippen LogP contribution in [0.3, 0.4) is 0 Å². The maximum Gasteiger partial charge on any atom is 0.306 e. The lowest BCUT2D eigenvalue weighted by atomic mass is 10.0. The van der Waals surface area contributed by atoms with Gasteiger partial charge in [0.2, 0.25) is 0 Å². The Morgan fingerprint density at radius 2 is 0.600 bits per heavy atom. The van der Waals surface area contributed by atoms with Crippen LogP contribution in [0.2, 0.25) is 0 Å². The van der Waals surface area contributed by atoms with E-state index in [0.29, 0.717) is 23.9 Å². The van der Waals surface area contributed by atoms with Crippen LogP contribution in [0.1, 0.15) is 373 Å². The lowest BCUT2D eigenvalue weighted by Gasteiger charge is -2.26. The number of quaternary nitrogens is 1. The van der Waals surface area contributed by atoms with Crippen LogP contribution in [0.15, 0.2) is 97.2 Å². The van der Waals surface area contributed by atoms with Crippen molar-refractivity contribution < 1.29 is 42.9 Å². The number of carboxylic acids is 1. The second-order valence-corrected chi connectivity index (χ2v) is 28.3. The van der Waals surface area contributed by atoms with Gasteiger partial charge in [0, 0.05) is 12.8 Å². The minimum Gasteiger partial charge on any atom is -0.545 e. The van der Waals surface area contributed by atoms with Crippen molar-refractivity contribution in [3.8, 4) is 0 Å². The fourth-order valence-electron chi connectivity index (χ4n) is 11.7. The first kappa shape index (κ1) is 91.2. The maximum atomic E-state index is 13.0. The van der Waals surface area contributed by atoms with Crippen molar-refractivity contribution >= 4 is 17.9 Å². The molecule has 0 saturated carbocycles. The lowest BCUT2D eigenvalue weighted by molar-refractivity contribution is -0.870. The lowest BCUT2D eigenvalue weighted by Crippen LogP contribution is -2.44. The molecule has 0 bridgehead atoms. The molecule has 0 aliphatic carbocycles. The highest BCUT2D eigenvalue weighted by Crippen LogP contribution is 2.19. The number of carboxylic acid groups (broad SMARTS) is 1. The third-order valence-electron chi connectivity index (χ3n) is 17.8. The standard InChI is InChI=1S/C86H153NO8/c1-6-8-10-12-14-16-18-20-22-24-26-28-30-32-34-36-37-38-39-40-41-42-43-44-45-46-47-49-50-52-54-56-58-60-62-64-66-68-70-72-74-76-83(88)93-80-82(81-94-86(85(90)91)92-79-78-87(3,4)5)95-84(89)77-75-73-71-69-67-65-63-61-59-57-55-53-51-48-35-33-31-29-27-25-23-21-19-17-15-13-11-9-7-2/h9,11,15,17-18,20-21,23-24,26-27,29-30,32-33,35,82,86H,6-8,10,12-14,16,19,22,25,28,31,34,36-81H2,1-5H3/b11-9-,17-15-,20-18-,23-21-,26-24-,29-27-,32-30-,35-33-. The molecule has 95 heavy (non-hydrogen) atoms. The van der Waals surface area contributed by atoms with E-state index in [9.17, 15) is 19.5 Å². The Morgan fingerprint density at radius 1 is 0.326 bits per heavy atom. The monoisotopic (exact) mass is 1330 g/mol. The van der Waals surface area contributed by atoms with Gasteiger partial charge in [0.1, 0.15) is 13.2 Å². The molecule has 0 rings (SSSR count). The Balaban J connectivity index is 3.97. The van der Waals surface area contributed by atoms with Gasteiger partial charge >= 0.3 is 11.9 Å². The van der Waals surface area contributed by atoms with E-state index in [4.69, 9.17) is 18.9 Å². The zero-order valence-electron chi connectivity index (χ0n) is 63.0. The first-order valence-electron chi connectivity index (χ1n) is 40.4. The third-order valence-corrected chi connectivity index (χ3v) is 17.8. The zero-order valence-corrected chi connectivity index (χ0v) is 63.0. The van der Waals surface area contributed by atoms with Crippen LogP contribution in [0.4, 0.5) is 0 Å². The smallest absolute Gasteiger partial charge is 0.306 e. The van der Waals surface area contributed by atoms with Crippen LogP contribution in [0.5, 0.6) is 0 Å². The van der Waals surface area contributed by atoms with Gasteiger partial charge < -0.3 is 33.3 Å². The molecular formula is C86H153NO8. The number of ether oxygens (including phenoxy) is 4. The van der Waals surface area contributed by atoms with Crippen LogP contribution in [0, 0.1) is 0 Å². The van der Waals surface area contributed by atoms with Crippen molar-refractivity contribution in [1.29, 1.82) is 0 Å². The molecule has 2 unspecified atom stereocenters. The summed E-state index contributed by atoms with van der Waals surface area (Å²) in [6, 6.07) is 0. The molecule has 0 heterocycles. The Bertz CT molecular complexity index is 1890. The topological polar surface area (TPSA) is 111 Å². The number of esters is 2. The SMILES string of the molecule is CC/C=C\C/C=C\C/C=C\C/C=C\C/C=C\CCCCCCCCCCCCCCCC(=O)OC(COC(=O)CCCCCCCCCCCCCCCCCCCCCCCCCCCC/C=C\C/C=C\C/C=C\CCCCCCC)COC(OCC[N+](C)(C)C)C(=O)[O-]. The van der Waals surface area contributed by atoms with E-state index in [1.165, 1.54) is 257 Å². The van der Waals surface area contributed by atoms with Crippen LogP contribution < -0.4 is 5.11 Å². The summed E-state index contributed by atoms with van der Waals surface area (Å²) >= 11 is 0. The van der Waals surface area contributed by atoms with Gasteiger partial charge in [-0.05, 0) is 96.3 Å². The number of aliphatic carboxylic acids is 1. The van der Waals surface area contributed by atoms with E-state index in [-0.39, 0.29) is 32.2 Å². The first-order chi connectivity index (χ1) is 46.6. The number of allylic oxidation sites excluding steroid dienone is 16. The Hall–Kier alpha value is -3.79. The normalized spacial score (nSPS) is 13.1. The molecule has 0 fully saturated rings. The molecule has 550 valence electrons. The summed E-state index contributed by atoms with van der Waals surface area (Å²) in [6.07, 6.45) is 102. The van der Waals surface area contributed by atoms with E-state index in [1.807, 2.05) is 21.1 Å². The van der Waals surface area contributed by atoms with Crippen molar-refractivity contribution in [2.24, 2.45) is 0 Å². The molecule has 0 amide bonds. The highest BCUT2D eigenvalue weighted by atomic mass is 16.7. The van der Waals surface area contributed by atoms with Crippen molar-refractivity contribution in [1.82, 2.24) is 0 Å². The molecule has 0 saturated heterocycles. The number of nitrogens with zero attached hydrogens (tertiary/aromatic N) is 1. The number of unbranched alkanes of at least 4 members (excludes halogenated alkanes) is 44. The van der Waals surface area contributed by atoms with Crippen molar-refractivity contribution in [3.05, 3.63) is 97.2 Å². The van der Waals surface area contributed by atoms with Gasteiger partial charge in [0.25, 0.3) is 0 Å². The van der Waals surface area contributed by atoms with Crippen molar-refractivity contribution in [2.45, 2.75) is 386 Å². The van der Waals surface area contributed by atoms with Crippen molar-refractivity contribution in [2.75, 3.05) is 47.5 Å². The quantitative estimate of drug-likeness (QED) is 0.0195. The van der Waals surface area contributed by atoms with Crippen LogP contribution >= 0.6 is 0 Å². The highest BCUT2D eigenvalue weighted by Gasteiger charge is 2.22. The number of hydrogen-bond acceptors (Lipinski definition) is 8. The third kappa shape index (κ3) is 77.4. The van der Waals surface area contributed by atoms with Gasteiger partial charge in [-0.2, -0.15) is 0 Å². The molecule has 0 aromatic carbocycles. The molecule has 0 radical (unpaired) electrons. The van der Waals surface area contributed by atoms with Gasteiger partial charge in [0.05, 0.1) is 40.3 Å². The van der Waals surface area contributed by atoms with E-state index < -0.39 is 24.3 Å². The molecule has 0 N–H and O–H groups in total. The van der Waals surface area contributed by atoms with E-state index in [0.717, 1.165) is 83.5 Å². The Morgan fingerprint density at radius 3 is 0.895 bits per heavy atom. The summed E-state index contributed by atoms with van der Waals surface area (Å²) in [5.41, 5.74) is 0. The van der Waals surface area contributed by atoms with E-state index in [1.54, 1.807) is 0 Å². The molecule has 2 atom stereocenters. The number of carbonyl (C=O) groups is 3.